The SMILES string of the molecule is NC1(CNC(=O)c2nccc3ccccc23)CCCCC1. The number of rotatable bonds is 3. The average molecular weight is 283 g/mol. The third-order valence-electron chi connectivity index (χ3n) is 4.34. The van der Waals surface area contributed by atoms with Crippen LogP contribution in [0.1, 0.15) is 42.6 Å². The maximum Gasteiger partial charge on any atom is 0.270 e. The smallest absolute Gasteiger partial charge is 0.270 e. The van der Waals surface area contributed by atoms with Crippen LogP contribution in [0.15, 0.2) is 36.5 Å². The number of fused-ring (bicyclic) bond motifs is 1. The molecule has 1 aliphatic carbocycles. The Balaban J connectivity index is 1.75. The Morgan fingerprint density at radius 3 is 2.76 bits per heavy atom. The van der Waals surface area contributed by atoms with Gasteiger partial charge < -0.3 is 11.1 Å². The Labute approximate surface area is 124 Å². The second kappa shape index (κ2) is 5.82. The minimum atomic E-state index is -0.251. The van der Waals surface area contributed by atoms with E-state index in [4.69, 9.17) is 5.73 Å². The van der Waals surface area contributed by atoms with Crippen molar-refractivity contribution in [1.82, 2.24) is 10.3 Å². The molecule has 0 saturated heterocycles. The van der Waals surface area contributed by atoms with Crippen LogP contribution in [0.25, 0.3) is 10.8 Å². The lowest BCUT2D eigenvalue weighted by molar-refractivity contribution is 0.0934. The summed E-state index contributed by atoms with van der Waals surface area (Å²) < 4.78 is 0. The molecule has 3 rings (SSSR count). The van der Waals surface area contributed by atoms with Gasteiger partial charge in [0.05, 0.1) is 0 Å². The number of nitrogens with zero attached hydrogens (tertiary/aromatic N) is 1. The van der Waals surface area contributed by atoms with E-state index in [1.54, 1.807) is 6.20 Å². The fourth-order valence-corrected chi connectivity index (χ4v) is 3.07. The number of pyridine rings is 1. The van der Waals surface area contributed by atoms with Crippen LogP contribution in [-0.4, -0.2) is 23.0 Å². The van der Waals surface area contributed by atoms with Gasteiger partial charge in [-0.05, 0) is 24.3 Å². The van der Waals surface area contributed by atoms with Gasteiger partial charge in [0.1, 0.15) is 5.69 Å². The number of hydrogen-bond donors (Lipinski definition) is 2. The molecule has 0 bridgehead atoms. The van der Waals surface area contributed by atoms with Crippen molar-refractivity contribution in [3.8, 4) is 0 Å². The summed E-state index contributed by atoms with van der Waals surface area (Å²) in [5.74, 6) is -0.137. The first-order valence-corrected chi connectivity index (χ1v) is 7.59. The van der Waals surface area contributed by atoms with Gasteiger partial charge in [-0.15, -0.1) is 0 Å². The molecule has 1 amide bonds. The van der Waals surface area contributed by atoms with E-state index >= 15 is 0 Å². The number of benzene rings is 1. The highest BCUT2D eigenvalue weighted by atomic mass is 16.1. The minimum Gasteiger partial charge on any atom is -0.349 e. The molecule has 3 N–H and O–H groups in total. The number of nitrogens with two attached hydrogens (primary N) is 1. The summed E-state index contributed by atoms with van der Waals surface area (Å²) in [4.78, 5) is 16.7. The van der Waals surface area contributed by atoms with Gasteiger partial charge in [-0.1, -0.05) is 43.5 Å². The zero-order valence-corrected chi connectivity index (χ0v) is 12.1. The average Bonchev–Trinajstić information content (AvgIpc) is 2.53. The summed E-state index contributed by atoms with van der Waals surface area (Å²) in [6.07, 6.45) is 7.19. The predicted octanol–water partition coefficient (Wildman–Crippen LogP) is 2.63. The molecule has 1 aromatic heterocycles. The maximum atomic E-state index is 12.4. The molecule has 1 saturated carbocycles. The van der Waals surface area contributed by atoms with E-state index in [0.29, 0.717) is 12.2 Å². The zero-order valence-electron chi connectivity index (χ0n) is 12.1. The molecule has 1 aromatic carbocycles. The fraction of sp³-hybridized carbons (Fsp3) is 0.412. The van der Waals surface area contributed by atoms with Gasteiger partial charge in [-0.2, -0.15) is 0 Å². The summed E-state index contributed by atoms with van der Waals surface area (Å²) in [6.45, 7) is 0.525. The Bertz CT molecular complexity index is 642. The maximum absolute atomic E-state index is 12.4. The van der Waals surface area contributed by atoms with E-state index in [0.717, 1.165) is 36.5 Å². The Hall–Kier alpha value is -1.94. The quantitative estimate of drug-likeness (QED) is 0.910. The van der Waals surface area contributed by atoms with Crippen molar-refractivity contribution in [3.63, 3.8) is 0 Å². The molecule has 0 atom stereocenters. The van der Waals surface area contributed by atoms with Gasteiger partial charge in [0.2, 0.25) is 0 Å². The Morgan fingerprint density at radius 2 is 1.95 bits per heavy atom. The largest absolute Gasteiger partial charge is 0.349 e. The van der Waals surface area contributed by atoms with Crippen molar-refractivity contribution in [1.29, 1.82) is 0 Å². The molecule has 2 aromatic rings. The van der Waals surface area contributed by atoms with Crippen LogP contribution >= 0.6 is 0 Å². The Morgan fingerprint density at radius 1 is 1.19 bits per heavy atom. The van der Waals surface area contributed by atoms with Crippen LogP contribution in [-0.2, 0) is 0 Å². The van der Waals surface area contributed by atoms with Crippen molar-refractivity contribution in [2.75, 3.05) is 6.54 Å². The first-order valence-electron chi connectivity index (χ1n) is 7.59. The van der Waals surface area contributed by atoms with E-state index in [1.165, 1.54) is 6.42 Å². The van der Waals surface area contributed by atoms with Gasteiger partial charge in [-0.25, -0.2) is 0 Å². The van der Waals surface area contributed by atoms with Crippen LogP contribution in [0.3, 0.4) is 0 Å². The number of aromatic nitrogens is 1. The molecule has 0 spiro atoms. The molecule has 1 aliphatic rings. The van der Waals surface area contributed by atoms with Crippen LogP contribution in [0.4, 0.5) is 0 Å². The molecular weight excluding hydrogens is 262 g/mol. The van der Waals surface area contributed by atoms with Gasteiger partial charge in [0.25, 0.3) is 5.91 Å². The van der Waals surface area contributed by atoms with Gasteiger partial charge in [0.15, 0.2) is 0 Å². The second-order valence-electron chi connectivity index (χ2n) is 5.99. The van der Waals surface area contributed by atoms with Crippen LogP contribution in [0, 0.1) is 0 Å². The molecule has 110 valence electrons. The topological polar surface area (TPSA) is 68.0 Å². The number of amides is 1. The van der Waals surface area contributed by atoms with Crippen LogP contribution in [0.2, 0.25) is 0 Å². The van der Waals surface area contributed by atoms with E-state index in [9.17, 15) is 4.79 Å². The van der Waals surface area contributed by atoms with E-state index in [-0.39, 0.29) is 11.4 Å². The summed E-state index contributed by atoms with van der Waals surface area (Å²) in [5.41, 5.74) is 6.59. The highest BCUT2D eigenvalue weighted by Crippen LogP contribution is 2.25. The third kappa shape index (κ3) is 3.05. The molecule has 4 heteroatoms. The monoisotopic (exact) mass is 283 g/mol. The number of carbonyl (C=O) groups is 1. The third-order valence-corrected chi connectivity index (χ3v) is 4.34. The molecule has 0 radical (unpaired) electrons. The second-order valence-corrected chi connectivity index (χ2v) is 5.99. The van der Waals surface area contributed by atoms with Gasteiger partial charge in [0, 0.05) is 23.7 Å². The fourth-order valence-electron chi connectivity index (χ4n) is 3.07. The summed E-state index contributed by atoms with van der Waals surface area (Å²) in [6, 6.07) is 9.71. The molecule has 0 aliphatic heterocycles. The Kier molecular flexibility index (Phi) is 3.88. The van der Waals surface area contributed by atoms with Gasteiger partial charge >= 0.3 is 0 Å². The molecule has 0 unspecified atom stereocenters. The lowest BCUT2D eigenvalue weighted by atomic mass is 9.82. The standard InChI is InChI=1S/C17H21N3O/c18-17(9-4-1-5-10-17)12-20-16(21)15-14-7-3-2-6-13(14)8-11-19-15/h2-3,6-8,11H,1,4-5,9-10,12,18H2,(H,20,21). The van der Waals surface area contributed by atoms with Crippen LogP contribution in [0.5, 0.6) is 0 Å². The summed E-state index contributed by atoms with van der Waals surface area (Å²) >= 11 is 0. The molecule has 4 nitrogen and oxygen atoms in total. The molecule has 1 fully saturated rings. The summed E-state index contributed by atoms with van der Waals surface area (Å²) in [7, 11) is 0. The summed E-state index contributed by atoms with van der Waals surface area (Å²) in [5, 5.41) is 4.88. The van der Waals surface area contributed by atoms with E-state index in [1.807, 2.05) is 30.3 Å². The van der Waals surface area contributed by atoms with Crippen molar-refractivity contribution in [3.05, 3.63) is 42.2 Å². The first kappa shape index (κ1) is 14.0. The predicted molar refractivity (Wildman–Crippen MR) is 84.1 cm³/mol. The number of carbonyl (C=O) groups excluding carboxylic acids is 1. The van der Waals surface area contributed by atoms with Crippen LogP contribution < -0.4 is 11.1 Å². The minimum absolute atomic E-state index is 0.137. The normalized spacial score (nSPS) is 17.6. The van der Waals surface area contributed by atoms with Crippen molar-refractivity contribution in [2.24, 2.45) is 5.73 Å². The molecule has 21 heavy (non-hydrogen) atoms. The van der Waals surface area contributed by atoms with E-state index < -0.39 is 0 Å². The number of nitrogens with one attached hydrogen (secondary N) is 1. The highest BCUT2D eigenvalue weighted by molar-refractivity contribution is 6.05. The van der Waals surface area contributed by atoms with Gasteiger partial charge in [-0.3, -0.25) is 9.78 Å². The molecule has 1 heterocycles. The lowest BCUT2D eigenvalue weighted by Crippen LogP contribution is -2.51. The van der Waals surface area contributed by atoms with Crippen molar-refractivity contribution < 1.29 is 4.79 Å². The van der Waals surface area contributed by atoms with Crippen molar-refractivity contribution >= 4 is 16.7 Å². The highest BCUT2D eigenvalue weighted by Gasteiger charge is 2.28. The first-order chi connectivity index (χ1) is 10.2. The van der Waals surface area contributed by atoms with Crippen molar-refractivity contribution in [2.45, 2.75) is 37.6 Å². The molecular formula is C17H21N3O. The lowest BCUT2D eigenvalue weighted by Gasteiger charge is -2.33. The van der Waals surface area contributed by atoms with E-state index in [2.05, 4.69) is 10.3 Å². The number of hydrogen-bond acceptors (Lipinski definition) is 3. The zero-order chi connectivity index (χ0) is 14.7.